The predicted molar refractivity (Wildman–Crippen MR) is 69.4 cm³/mol. The van der Waals surface area contributed by atoms with Crippen LogP contribution >= 0.6 is 27.7 Å². The Morgan fingerprint density at radius 3 is 2.59 bits per heavy atom. The Morgan fingerprint density at radius 1 is 1.18 bits per heavy atom. The zero-order chi connectivity index (χ0) is 12.3. The van der Waals surface area contributed by atoms with Crippen LogP contribution in [0.4, 0.5) is 4.39 Å². The summed E-state index contributed by atoms with van der Waals surface area (Å²) >= 11 is 4.64. The van der Waals surface area contributed by atoms with Crippen molar-refractivity contribution >= 4 is 27.7 Å². The van der Waals surface area contributed by atoms with Crippen molar-refractivity contribution in [1.29, 1.82) is 5.26 Å². The van der Waals surface area contributed by atoms with Crippen LogP contribution < -0.4 is 0 Å². The van der Waals surface area contributed by atoms with Crippen LogP contribution in [-0.4, -0.2) is 0 Å². The summed E-state index contributed by atoms with van der Waals surface area (Å²) < 4.78 is 14.2. The Labute approximate surface area is 111 Å². The van der Waals surface area contributed by atoms with Crippen LogP contribution in [0.2, 0.25) is 0 Å². The van der Waals surface area contributed by atoms with Gasteiger partial charge in [-0.25, -0.2) is 4.39 Å². The van der Waals surface area contributed by atoms with Crippen molar-refractivity contribution in [2.45, 2.75) is 9.79 Å². The molecule has 0 saturated heterocycles. The molecule has 0 fully saturated rings. The van der Waals surface area contributed by atoms with Crippen molar-refractivity contribution < 1.29 is 4.39 Å². The van der Waals surface area contributed by atoms with E-state index in [1.807, 2.05) is 6.07 Å². The first-order valence-electron chi connectivity index (χ1n) is 4.83. The third kappa shape index (κ3) is 2.87. The van der Waals surface area contributed by atoms with Crippen LogP contribution in [0.15, 0.2) is 56.7 Å². The van der Waals surface area contributed by atoms with Gasteiger partial charge in [0.25, 0.3) is 0 Å². The minimum absolute atomic E-state index is 0.238. The number of hydrogen-bond donors (Lipinski definition) is 0. The molecule has 0 aromatic heterocycles. The number of rotatable bonds is 2. The fourth-order valence-electron chi connectivity index (χ4n) is 1.30. The molecule has 0 aliphatic rings. The molecule has 2 aromatic rings. The first-order chi connectivity index (χ1) is 8.20. The van der Waals surface area contributed by atoms with Gasteiger partial charge < -0.3 is 0 Å². The quantitative estimate of drug-likeness (QED) is 0.809. The molecule has 0 radical (unpaired) electrons. The molecule has 84 valence electrons. The molecule has 0 aliphatic carbocycles. The lowest BCUT2D eigenvalue weighted by molar-refractivity contribution is 0.602. The van der Waals surface area contributed by atoms with Gasteiger partial charge in [-0.1, -0.05) is 23.9 Å². The minimum atomic E-state index is -0.238. The van der Waals surface area contributed by atoms with Crippen LogP contribution in [0.1, 0.15) is 5.56 Å². The highest BCUT2D eigenvalue weighted by Gasteiger charge is 2.05. The average Bonchev–Trinajstić information content (AvgIpc) is 2.32. The molecule has 0 N–H and O–H groups in total. The molecule has 0 bridgehead atoms. The molecular formula is C13H7BrFNS. The van der Waals surface area contributed by atoms with Crippen LogP contribution in [-0.2, 0) is 0 Å². The maximum atomic E-state index is 13.4. The van der Waals surface area contributed by atoms with Crippen molar-refractivity contribution in [1.82, 2.24) is 0 Å². The lowest BCUT2D eigenvalue weighted by atomic mass is 10.2. The largest absolute Gasteiger partial charge is 0.206 e. The summed E-state index contributed by atoms with van der Waals surface area (Å²) in [6.45, 7) is 0. The Kier molecular flexibility index (Phi) is 3.82. The van der Waals surface area contributed by atoms with E-state index in [4.69, 9.17) is 5.26 Å². The van der Waals surface area contributed by atoms with Gasteiger partial charge in [-0.2, -0.15) is 5.26 Å². The number of benzene rings is 2. The van der Waals surface area contributed by atoms with Crippen molar-refractivity contribution in [2.24, 2.45) is 0 Å². The summed E-state index contributed by atoms with van der Waals surface area (Å²) in [4.78, 5) is 1.46. The number of nitrogens with zero attached hydrogens (tertiary/aromatic N) is 1. The molecule has 0 heterocycles. The van der Waals surface area contributed by atoms with E-state index in [0.717, 1.165) is 9.37 Å². The molecule has 17 heavy (non-hydrogen) atoms. The highest BCUT2D eigenvalue weighted by Crippen LogP contribution is 2.32. The second-order valence-corrected chi connectivity index (χ2v) is 5.26. The van der Waals surface area contributed by atoms with E-state index in [9.17, 15) is 4.39 Å². The van der Waals surface area contributed by atoms with Gasteiger partial charge >= 0.3 is 0 Å². The van der Waals surface area contributed by atoms with Crippen molar-refractivity contribution in [2.75, 3.05) is 0 Å². The van der Waals surface area contributed by atoms with Gasteiger partial charge in [0.2, 0.25) is 0 Å². The van der Waals surface area contributed by atoms with Crippen LogP contribution in [0.5, 0.6) is 0 Å². The number of nitriles is 1. The topological polar surface area (TPSA) is 23.8 Å². The Balaban J connectivity index is 2.29. The first kappa shape index (κ1) is 12.2. The van der Waals surface area contributed by atoms with Gasteiger partial charge in [-0.15, -0.1) is 0 Å². The smallest absolute Gasteiger partial charge is 0.137 e. The molecule has 0 atom stereocenters. The molecule has 0 amide bonds. The van der Waals surface area contributed by atoms with E-state index in [2.05, 4.69) is 22.0 Å². The second-order valence-electron chi connectivity index (χ2n) is 3.29. The zero-order valence-corrected chi connectivity index (χ0v) is 11.1. The summed E-state index contributed by atoms with van der Waals surface area (Å²) in [6.07, 6.45) is 0. The molecule has 0 spiro atoms. The fraction of sp³-hybridized carbons (Fsp3) is 0. The number of hydrogen-bond acceptors (Lipinski definition) is 2. The average molecular weight is 308 g/mol. The van der Waals surface area contributed by atoms with Crippen molar-refractivity contribution in [3.05, 3.63) is 58.3 Å². The molecule has 0 aliphatic heterocycles. The van der Waals surface area contributed by atoms with Gasteiger partial charge in [0, 0.05) is 14.3 Å². The molecule has 4 heteroatoms. The Bertz CT molecular complexity index is 592. The molecule has 2 rings (SSSR count). The van der Waals surface area contributed by atoms with Gasteiger partial charge in [0.05, 0.1) is 5.56 Å². The third-order valence-corrected chi connectivity index (χ3v) is 3.82. The maximum Gasteiger partial charge on any atom is 0.137 e. The molecule has 2 aromatic carbocycles. The Morgan fingerprint density at radius 2 is 1.94 bits per heavy atom. The van der Waals surface area contributed by atoms with E-state index < -0.39 is 0 Å². The van der Waals surface area contributed by atoms with E-state index in [1.165, 1.54) is 17.8 Å². The Hall–Kier alpha value is -1.31. The van der Waals surface area contributed by atoms with E-state index >= 15 is 0 Å². The SMILES string of the molecule is N#Cc1ccc(Sc2ccccc2F)cc1Br. The lowest BCUT2D eigenvalue weighted by Crippen LogP contribution is -1.82. The van der Waals surface area contributed by atoms with Crippen molar-refractivity contribution in [3.63, 3.8) is 0 Å². The normalized spacial score (nSPS) is 9.94. The minimum Gasteiger partial charge on any atom is -0.206 e. The number of halogens is 2. The zero-order valence-electron chi connectivity index (χ0n) is 8.65. The molecule has 0 unspecified atom stereocenters. The molecular weight excluding hydrogens is 301 g/mol. The summed E-state index contributed by atoms with van der Waals surface area (Å²) in [7, 11) is 0. The predicted octanol–water partition coefficient (Wildman–Crippen LogP) is 4.61. The van der Waals surface area contributed by atoms with E-state index in [-0.39, 0.29) is 5.82 Å². The highest BCUT2D eigenvalue weighted by molar-refractivity contribution is 9.10. The van der Waals surface area contributed by atoms with Crippen molar-refractivity contribution in [3.8, 4) is 6.07 Å². The van der Waals surface area contributed by atoms with E-state index in [0.29, 0.717) is 10.5 Å². The second kappa shape index (κ2) is 5.35. The van der Waals surface area contributed by atoms with Crippen LogP contribution in [0.3, 0.4) is 0 Å². The molecule has 1 nitrogen and oxygen atoms in total. The maximum absolute atomic E-state index is 13.4. The fourth-order valence-corrected chi connectivity index (χ4v) is 2.80. The summed E-state index contributed by atoms with van der Waals surface area (Å²) in [6, 6.07) is 14.0. The monoisotopic (exact) mass is 307 g/mol. The van der Waals surface area contributed by atoms with Crippen LogP contribution in [0, 0.1) is 17.1 Å². The summed E-state index contributed by atoms with van der Waals surface area (Å²) in [5, 5.41) is 8.80. The standard InChI is InChI=1S/C13H7BrFNS/c14-11-7-10(6-5-9(11)8-16)17-13-4-2-1-3-12(13)15/h1-7H. The van der Waals surface area contributed by atoms with Gasteiger partial charge in [-0.05, 0) is 46.3 Å². The summed E-state index contributed by atoms with van der Waals surface area (Å²) in [5.74, 6) is -0.238. The van der Waals surface area contributed by atoms with Gasteiger partial charge in [-0.3, -0.25) is 0 Å². The van der Waals surface area contributed by atoms with Gasteiger partial charge in [0.1, 0.15) is 11.9 Å². The van der Waals surface area contributed by atoms with E-state index in [1.54, 1.807) is 30.3 Å². The van der Waals surface area contributed by atoms with Crippen LogP contribution in [0.25, 0.3) is 0 Å². The summed E-state index contributed by atoms with van der Waals surface area (Å²) in [5.41, 5.74) is 0.572. The molecule has 0 saturated carbocycles. The highest BCUT2D eigenvalue weighted by atomic mass is 79.9. The lowest BCUT2D eigenvalue weighted by Gasteiger charge is -2.04. The first-order valence-corrected chi connectivity index (χ1v) is 6.43. The third-order valence-electron chi connectivity index (χ3n) is 2.13. The van der Waals surface area contributed by atoms with Gasteiger partial charge in [0.15, 0.2) is 0 Å².